The number of anilines is 1. The molecular weight excluding hydrogens is 250 g/mol. The fraction of sp³-hybridized carbons (Fsp3) is 0.308. The van der Waals surface area contributed by atoms with Crippen LogP contribution in [0.3, 0.4) is 0 Å². The molecule has 0 fully saturated rings. The lowest BCUT2D eigenvalue weighted by Crippen LogP contribution is -2.32. The zero-order valence-electron chi connectivity index (χ0n) is 10.9. The number of aromatic carboxylic acids is 1. The highest BCUT2D eigenvalue weighted by molar-refractivity contribution is 6.37. The molecule has 1 aromatic carbocycles. The van der Waals surface area contributed by atoms with Crippen molar-refractivity contribution in [2.45, 2.75) is 26.4 Å². The quantitative estimate of drug-likeness (QED) is 0.626. The molecule has 0 bridgehead atoms. The van der Waals surface area contributed by atoms with E-state index >= 15 is 0 Å². The third-order valence-corrected chi connectivity index (χ3v) is 1.97. The summed E-state index contributed by atoms with van der Waals surface area (Å²) >= 11 is 0. The Morgan fingerprint density at radius 3 is 2.05 bits per heavy atom. The number of carbonyl (C=O) groups excluding carboxylic acids is 2. The largest absolute Gasteiger partial charge is 0.478 e. The Morgan fingerprint density at radius 2 is 1.63 bits per heavy atom. The van der Waals surface area contributed by atoms with Gasteiger partial charge >= 0.3 is 17.8 Å². The number of carboxylic acids is 1. The highest BCUT2D eigenvalue weighted by Gasteiger charge is 2.22. The molecular formula is C13H15NO5. The summed E-state index contributed by atoms with van der Waals surface area (Å²) in [4.78, 5) is 33.6. The number of esters is 1. The molecule has 0 unspecified atom stereocenters. The maximum Gasteiger partial charge on any atom is 0.397 e. The number of ether oxygens (including phenoxy) is 1. The van der Waals surface area contributed by atoms with Gasteiger partial charge in [-0.2, -0.15) is 0 Å². The number of carbonyl (C=O) groups is 3. The Hall–Kier alpha value is -2.37. The zero-order chi connectivity index (χ0) is 14.6. The van der Waals surface area contributed by atoms with Gasteiger partial charge in [0.2, 0.25) is 0 Å². The summed E-state index contributed by atoms with van der Waals surface area (Å²) in [5, 5.41) is 11.0. The summed E-state index contributed by atoms with van der Waals surface area (Å²) in [6.07, 6.45) is 0. The van der Waals surface area contributed by atoms with Crippen LogP contribution in [0.2, 0.25) is 0 Å². The zero-order valence-corrected chi connectivity index (χ0v) is 10.9. The van der Waals surface area contributed by atoms with E-state index in [-0.39, 0.29) is 5.56 Å². The SMILES string of the molecule is CC(C)(C)OC(=O)C(=O)Nc1ccc(C(=O)O)cc1. The maximum atomic E-state index is 11.5. The van der Waals surface area contributed by atoms with Crippen molar-refractivity contribution in [2.24, 2.45) is 0 Å². The van der Waals surface area contributed by atoms with Gasteiger partial charge in [0.25, 0.3) is 0 Å². The van der Waals surface area contributed by atoms with Gasteiger partial charge in [-0.05, 0) is 45.0 Å². The van der Waals surface area contributed by atoms with E-state index in [0.29, 0.717) is 5.69 Å². The highest BCUT2D eigenvalue weighted by atomic mass is 16.6. The van der Waals surface area contributed by atoms with Crippen molar-refractivity contribution in [1.82, 2.24) is 0 Å². The Balaban J connectivity index is 2.67. The minimum absolute atomic E-state index is 0.0928. The van der Waals surface area contributed by atoms with E-state index in [0.717, 1.165) is 0 Å². The maximum absolute atomic E-state index is 11.5. The summed E-state index contributed by atoms with van der Waals surface area (Å²) in [5.41, 5.74) is -0.335. The fourth-order valence-corrected chi connectivity index (χ4v) is 1.20. The molecule has 0 aromatic heterocycles. The van der Waals surface area contributed by atoms with E-state index in [4.69, 9.17) is 9.84 Å². The molecule has 1 aromatic rings. The summed E-state index contributed by atoms with van der Waals surface area (Å²) in [6.45, 7) is 4.96. The van der Waals surface area contributed by atoms with Crippen molar-refractivity contribution in [2.75, 3.05) is 5.32 Å². The van der Waals surface area contributed by atoms with E-state index < -0.39 is 23.4 Å². The summed E-state index contributed by atoms with van der Waals surface area (Å²) in [5.74, 6) is -2.96. The second-order valence-electron chi connectivity index (χ2n) is 4.84. The molecule has 1 amide bonds. The van der Waals surface area contributed by atoms with E-state index in [1.54, 1.807) is 20.8 Å². The predicted octanol–water partition coefficient (Wildman–Crippen LogP) is 1.67. The highest BCUT2D eigenvalue weighted by Crippen LogP contribution is 2.11. The second-order valence-corrected chi connectivity index (χ2v) is 4.84. The van der Waals surface area contributed by atoms with Crippen molar-refractivity contribution in [3.05, 3.63) is 29.8 Å². The average Bonchev–Trinajstić information content (AvgIpc) is 2.27. The molecule has 6 nitrogen and oxygen atoms in total. The molecule has 0 atom stereocenters. The molecule has 0 heterocycles. The predicted molar refractivity (Wildman–Crippen MR) is 67.9 cm³/mol. The molecule has 0 aliphatic heterocycles. The van der Waals surface area contributed by atoms with Gasteiger partial charge in [0.15, 0.2) is 0 Å². The van der Waals surface area contributed by atoms with Crippen molar-refractivity contribution in [3.8, 4) is 0 Å². The van der Waals surface area contributed by atoms with Crippen LogP contribution >= 0.6 is 0 Å². The van der Waals surface area contributed by atoms with Gasteiger partial charge < -0.3 is 15.2 Å². The number of benzene rings is 1. The van der Waals surface area contributed by atoms with E-state index in [2.05, 4.69) is 5.32 Å². The Bertz CT molecular complexity index is 499. The topological polar surface area (TPSA) is 92.7 Å². The van der Waals surface area contributed by atoms with Crippen LogP contribution in [0.5, 0.6) is 0 Å². The first kappa shape index (κ1) is 14.7. The van der Waals surface area contributed by atoms with Crippen molar-refractivity contribution >= 4 is 23.5 Å². The van der Waals surface area contributed by atoms with Gasteiger partial charge in [-0.1, -0.05) is 0 Å². The first-order valence-electron chi connectivity index (χ1n) is 5.57. The molecule has 19 heavy (non-hydrogen) atoms. The van der Waals surface area contributed by atoms with Gasteiger partial charge in [-0.15, -0.1) is 0 Å². The normalized spacial score (nSPS) is 10.7. The smallest absolute Gasteiger partial charge is 0.397 e. The molecule has 0 saturated heterocycles. The number of carboxylic acid groups (broad SMARTS) is 1. The third-order valence-electron chi connectivity index (χ3n) is 1.97. The molecule has 6 heteroatoms. The molecule has 0 spiro atoms. The van der Waals surface area contributed by atoms with E-state index in [1.165, 1.54) is 24.3 Å². The standard InChI is InChI=1S/C13H15NO5/c1-13(2,3)19-12(18)10(15)14-9-6-4-8(5-7-9)11(16)17/h4-7H,1-3H3,(H,14,15)(H,16,17). The number of hydrogen-bond acceptors (Lipinski definition) is 4. The van der Waals surface area contributed by atoms with E-state index in [1.807, 2.05) is 0 Å². The Kier molecular flexibility index (Phi) is 4.26. The van der Waals surface area contributed by atoms with Gasteiger partial charge in [-0.25, -0.2) is 9.59 Å². The number of nitrogens with one attached hydrogen (secondary N) is 1. The van der Waals surface area contributed by atoms with Gasteiger partial charge in [0.1, 0.15) is 5.60 Å². The molecule has 1 rings (SSSR count). The van der Waals surface area contributed by atoms with Crippen LogP contribution in [0.4, 0.5) is 5.69 Å². The van der Waals surface area contributed by atoms with Gasteiger partial charge in [0, 0.05) is 5.69 Å². The van der Waals surface area contributed by atoms with Crippen LogP contribution in [0.15, 0.2) is 24.3 Å². The molecule has 0 radical (unpaired) electrons. The molecule has 0 aliphatic carbocycles. The number of amides is 1. The minimum atomic E-state index is -1.06. The van der Waals surface area contributed by atoms with E-state index in [9.17, 15) is 14.4 Å². The van der Waals surface area contributed by atoms with Crippen LogP contribution in [0, 0.1) is 0 Å². The van der Waals surface area contributed by atoms with Crippen LogP contribution < -0.4 is 5.32 Å². The van der Waals surface area contributed by atoms with Crippen LogP contribution in [-0.2, 0) is 14.3 Å². The minimum Gasteiger partial charge on any atom is -0.478 e. The van der Waals surface area contributed by atoms with Gasteiger partial charge in [-0.3, -0.25) is 4.79 Å². The summed E-state index contributed by atoms with van der Waals surface area (Å²) in [6, 6.07) is 5.44. The first-order valence-corrected chi connectivity index (χ1v) is 5.57. The van der Waals surface area contributed by atoms with Crippen molar-refractivity contribution in [1.29, 1.82) is 0 Å². The molecule has 0 saturated carbocycles. The third kappa shape index (κ3) is 4.79. The van der Waals surface area contributed by atoms with Crippen molar-refractivity contribution < 1.29 is 24.2 Å². The molecule has 2 N–H and O–H groups in total. The lowest BCUT2D eigenvalue weighted by Gasteiger charge is -2.18. The second kappa shape index (κ2) is 5.51. The first-order chi connectivity index (χ1) is 8.69. The Morgan fingerprint density at radius 1 is 1.11 bits per heavy atom. The lowest BCUT2D eigenvalue weighted by atomic mass is 10.2. The fourth-order valence-electron chi connectivity index (χ4n) is 1.20. The average molecular weight is 265 g/mol. The summed E-state index contributed by atoms with van der Waals surface area (Å²) < 4.78 is 4.89. The number of rotatable bonds is 2. The van der Waals surface area contributed by atoms with Gasteiger partial charge in [0.05, 0.1) is 5.56 Å². The monoisotopic (exact) mass is 265 g/mol. The van der Waals surface area contributed by atoms with Crippen LogP contribution in [0.1, 0.15) is 31.1 Å². The molecule has 102 valence electrons. The van der Waals surface area contributed by atoms with Crippen molar-refractivity contribution in [3.63, 3.8) is 0 Å². The summed E-state index contributed by atoms with van der Waals surface area (Å²) in [7, 11) is 0. The Labute approximate surface area is 110 Å². The van der Waals surface area contributed by atoms with Crippen LogP contribution in [-0.4, -0.2) is 28.6 Å². The lowest BCUT2D eigenvalue weighted by molar-refractivity contribution is -0.161. The van der Waals surface area contributed by atoms with Crippen LogP contribution in [0.25, 0.3) is 0 Å². The molecule has 0 aliphatic rings. The number of hydrogen-bond donors (Lipinski definition) is 2.